The lowest BCUT2D eigenvalue weighted by molar-refractivity contribution is 0.0653. The summed E-state index contributed by atoms with van der Waals surface area (Å²) in [5, 5.41) is 3.16. The number of carbonyl (C=O) groups excluding carboxylic acids is 1. The molecular weight excluding hydrogens is 266 g/mol. The summed E-state index contributed by atoms with van der Waals surface area (Å²) in [6, 6.07) is 0.294. The van der Waals surface area contributed by atoms with Crippen LogP contribution in [0.1, 0.15) is 36.7 Å². The molecule has 1 fully saturated rings. The first-order chi connectivity index (χ1) is 10.1. The number of carbonyl (C=O) groups is 1. The van der Waals surface area contributed by atoms with Crippen molar-refractivity contribution in [2.24, 2.45) is 0 Å². The molecule has 0 atom stereocenters. The van der Waals surface area contributed by atoms with Crippen molar-refractivity contribution < 1.29 is 4.79 Å². The van der Waals surface area contributed by atoms with Gasteiger partial charge < -0.3 is 15.1 Å². The summed E-state index contributed by atoms with van der Waals surface area (Å²) in [5.74, 6) is 0.622. The number of amides is 1. The maximum Gasteiger partial charge on any atom is 0.274 e. The van der Waals surface area contributed by atoms with Crippen molar-refractivity contribution in [3.63, 3.8) is 0 Å². The van der Waals surface area contributed by atoms with Crippen LogP contribution in [0.15, 0.2) is 12.4 Å². The summed E-state index contributed by atoms with van der Waals surface area (Å²) < 4.78 is 0. The number of nitrogens with one attached hydrogen (secondary N) is 1. The fourth-order valence-electron chi connectivity index (χ4n) is 2.54. The summed E-state index contributed by atoms with van der Waals surface area (Å²) in [4.78, 5) is 25.1. The number of piperidine rings is 1. The minimum Gasteiger partial charge on any atom is -0.369 e. The standard InChI is InChI=1S/C15H25N5O/c1-4-7-17-14-11-16-10-13(18-14)15(21)20(3)12-5-8-19(2)9-6-12/h10-12H,4-9H2,1-3H3,(H,17,18). The van der Waals surface area contributed by atoms with Crippen LogP contribution in [0.4, 0.5) is 5.82 Å². The predicted octanol–water partition coefficient (Wildman–Crippen LogP) is 1.46. The monoisotopic (exact) mass is 291 g/mol. The zero-order valence-corrected chi connectivity index (χ0v) is 13.2. The Labute approximate surface area is 126 Å². The first kappa shape index (κ1) is 15.7. The molecule has 0 aromatic carbocycles. The highest BCUT2D eigenvalue weighted by atomic mass is 16.2. The van der Waals surface area contributed by atoms with Crippen molar-refractivity contribution in [1.29, 1.82) is 0 Å². The Morgan fingerprint density at radius 2 is 2.14 bits per heavy atom. The van der Waals surface area contributed by atoms with Gasteiger partial charge in [0.25, 0.3) is 5.91 Å². The molecule has 1 aromatic heterocycles. The first-order valence-corrected chi connectivity index (χ1v) is 7.63. The molecule has 21 heavy (non-hydrogen) atoms. The summed E-state index contributed by atoms with van der Waals surface area (Å²) in [5.41, 5.74) is 0.414. The molecular formula is C15H25N5O. The van der Waals surface area contributed by atoms with Crippen LogP contribution in [0, 0.1) is 0 Å². The first-order valence-electron chi connectivity index (χ1n) is 7.63. The molecule has 0 spiro atoms. The molecule has 1 aromatic rings. The van der Waals surface area contributed by atoms with Gasteiger partial charge >= 0.3 is 0 Å². The van der Waals surface area contributed by atoms with E-state index in [2.05, 4.69) is 34.2 Å². The van der Waals surface area contributed by atoms with Crippen molar-refractivity contribution in [1.82, 2.24) is 19.8 Å². The molecule has 0 unspecified atom stereocenters. The largest absolute Gasteiger partial charge is 0.369 e. The third-order valence-electron chi connectivity index (χ3n) is 3.97. The number of aromatic nitrogens is 2. The molecule has 0 aliphatic carbocycles. The molecule has 1 aliphatic heterocycles. The van der Waals surface area contributed by atoms with Crippen LogP contribution < -0.4 is 5.32 Å². The highest BCUT2D eigenvalue weighted by molar-refractivity contribution is 5.92. The maximum atomic E-state index is 12.5. The fourth-order valence-corrected chi connectivity index (χ4v) is 2.54. The number of likely N-dealkylation sites (tertiary alicyclic amines) is 1. The molecule has 0 saturated carbocycles. The highest BCUT2D eigenvalue weighted by Crippen LogP contribution is 2.16. The van der Waals surface area contributed by atoms with Gasteiger partial charge in [0.05, 0.1) is 12.4 Å². The molecule has 1 amide bonds. The number of hydrogen-bond donors (Lipinski definition) is 1. The van der Waals surface area contributed by atoms with E-state index in [1.54, 1.807) is 12.4 Å². The van der Waals surface area contributed by atoms with Crippen molar-refractivity contribution in [2.75, 3.05) is 39.0 Å². The second-order valence-corrected chi connectivity index (χ2v) is 5.67. The zero-order valence-electron chi connectivity index (χ0n) is 13.2. The smallest absolute Gasteiger partial charge is 0.274 e. The van der Waals surface area contributed by atoms with E-state index in [1.165, 1.54) is 0 Å². The van der Waals surface area contributed by atoms with Gasteiger partial charge in [-0.2, -0.15) is 0 Å². The van der Waals surface area contributed by atoms with E-state index < -0.39 is 0 Å². The van der Waals surface area contributed by atoms with Crippen LogP contribution in [-0.4, -0.2) is 65.4 Å². The minimum atomic E-state index is -0.0443. The molecule has 0 radical (unpaired) electrons. The van der Waals surface area contributed by atoms with E-state index in [0.717, 1.165) is 38.9 Å². The molecule has 1 N–H and O–H groups in total. The Bertz CT molecular complexity index is 471. The van der Waals surface area contributed by atoms with Crippen molar-refractivity contribution >= 4 is 11.7 Å². The van der Waals surface area contributed by atoms with E-state index in [0.29, 0.717) is 17.6 Å². The van der Waals surface area contributed by atoms with Gasteiger partial charge in [0.2, 0.25) is 0 Å². The second-order valence-electron chi connectivity index (χ2n) is 5.67. The average Bonchev–Trinajstić information content (AvgIpc) is 2.52. The van der Waals surface area contributed by atoms with Gasteiger partial charge in [0.15, 0.2) is 0 Å². The number of anilines is 1. The Balaban J connectivity index is 2.01. The van der Waals surface area contributed by atoms with Gasteiger partial charge in [0, 0.05) is 19.6 Å². The molecule has 2 heterocycles. The summed E-state index contributed by atoms with van der Waals surface area (Å²) in [6.07, 6.45) is 6.24. The van der Waals surface area contributed by atoms with Gasteiger partial charge in [-0.3, -0.25) is 9.78 Å². The van der Waals surface area contributed by atoms with Gasteiger partial charge in [-0.1, -0.05) is 6.92 Å². The Kier molecular flexibility index (Phi) is 5.50. The average molecular weight is 291 g/mol. The number of hydrogen-bond acceptors (Lipinski definition) is 5. The van der Waals surface area contributed by atoms with Gasteiger partial charge in [-0.15, -0.1) is 0 Å². The van der Waals surface area contributed by atoms with Crippen molar-refractivity contribution in [2.45, 2.75) is 32.2 Å². The van der Waals surface area contributed by atoms with E-state index in [-0.39, 0.29) is 5.91 Å². The van der Waals surface area contributed by atoms with Crippen LogP contribution in [0.2, 0.25) is 0 Å². The molecule has 0 bridgehead atoms. The summed E-state index contributed by atoms with van der Waals surface area (Å²) in [7, 11) is 3.98. The Morgan fingerprint density at radius 1 is 1.43 bits per heavy atom. The maximum absolute atomic E-state index is 12.5. The van der Waals surface area contributed by atoms with E-state index in [1.807, 2.05) is 11.9 Å². The Hall–Kier alpha value is -1.69. The third-order valence-corrected chi connectivity index (χ3v) is 3.97. The Morgan fingerprint density at radius 3 is 2.81 bits per heavy atom. The summed E-state index contributed by atoms with van der Waals surface area (Å²) in [6.45, 7) is 4.98. The van der Waals surface area contributed by atoms with Gasteiger partial charge in [0.1, 0.15) is 11.5 Å². The van der Waals surface area contributed by atoms with Crippen LogP contribution in [0.25, 0.3) is 0 Å². The lowest BCUT2D eigenvalue weighted by Crippen LogP contribution is -2.44. The topological polar surface area (TPSA) is 61.4 Å². The molecule has 116 valence electrons. The SMILES string of the molecule is CCCNc1cncc(C(=O)N(C)C2CCN(C)CC2)n1. The van der Waals surface area contributed by atoms with Crippen LogP contribution in [-0.2, 0) is 0 Å². The van der Waals surface area contributed by atoms with Crippen LogP contribution in [0.3, 0.4) is 0 Å². The lowest BCUT2D eigenvalue weighted by Gasteiger charge is -2.34. The molecule has 2 rings (SSSR count). The van der Waals surface area contributed by atoms with Crippen molar-refractivity contribution in [3.8, 4) is 0 Å². The normalized spacial score (nSPS) is 16.7. The minimum absolute atomic E-state index is 0.0443. The molecule has 1 saturated heterocycles. The van der Waals surface area contributed by atoms with Crippen LogP contribution in [0.5, 0.6) is 0 Å². The zero-order chi connectivity index (χ0) is 15.2. The highest BCUT2D eigenvalue weighted by Gasteiger charge is 2.25. The van der Waals surface area contributed by atoms with Crippen LogP contribution >= 0.6 is 0 Å². The van der Waals surface area contributed by atoms with Gasteiger partial charge in [-0.05, 0) is 39.4 Å². The molecule has 6 heteroatoms. The summed E-state index contributed by atoms with van der Waals surface area (Å²) >= 11 is 0. The predicted molar refractivity (Wildman–Crippen MR) is 83.4 cm³/mol. The number of rotatable bonds is 5. The van der Waals surface area contributed by atoms with E-state index in [9.17, 15) is 4.79 Å². The van der Waals surface area contributed by atoms with Crippen molar-refractivity contribution in [3.05, 3.63) is 18.1 Å². The third kappa shape index (κ3) is 4.14. The lowest BCUT2D eigenvalue weighted by atomic mass is 10.0. The van der Waals surface area contributed by atoms with Gasteiger partial charge in [-0.25, -0.2) is 4.98 Å². The number of nitrogens with zero attached hydrogens (tertiary/aromatic N) is 4. The second kappa shape index (κ2) is 7.36. The fraction of sp³-hybridized carbons (Fsp3) is 0.667. The van der Waals surface area contributed by atoms with E-state index in [4.69, 9.17) is 0 Å². The van der Waals surface area contributed by atoms with E-state index >= 15 is 0 Å². The quantitative estimate of drug-likeness (QED) is 0.890. The molecule has 6 nitrogen and oxygen atoms in total. The molecule has 1 aliphatic rings.